The van der Waals surface area contributed by atoms with Crippen LogP contribution in [0.4, 0.5) is 0 Å². The topological polar surface area (TPSA) is 139 Å². The molecule has 0 aliphatic carbocycles. The second-order valence-electron chi connectivity index (χ2n) is 7.18. The van der Waals surface area contributed by atoms with Crippen LogP contribution in [0.5, 0.6) is 11.5 Å². The van der Waals surface area contributed by atoms with E-state index in [2.05, 4.69) is 0 Å². The van der Waals surface area contributed by atoms with Crippen LogP contribution in [0.15, 0.2) is 57.9 Å². The molecule has 1 aliphatic heterocycles. The molecule has 2 aromatic carbocycles. The zero-order valence-corrected chi connectivity index (χ0v) is 16.5. The van der Waals surface area contributed by atoms with Crippen molar-refractivity contribution < 1.29 is 39.1 Å². The Balaban J connectivity index is 1.61. The maximum Gasteiger partial charge on any atom is 0.229 e. The van der Waals surface area contributed by atoms with Crippen molar-refractivity contribution in [3.8, 4) is 22.6 Å². The van der Waals surface area contributed by atoms with E-state index in [-0.39, 0.29) is 16.8 Å². The molecule has 9 nitrogen and oxygen atoms in total. The van der Waals surface area contributed by atoms with Gasteiger partial charge in [0, 0.05) is 6.07 Å². The quantitative estimate of drug-likeness (QED) is 0.459. The number of fused-ring (bicyclic) bond motifs is 1. The highest BCUT2D eigenvalue weighted by Gasteiger charge is 2.44. The fourth-order valence-corrected chi connectivity index (χ4v) is 3.45. The number of aliphatic hydroxyl groups excluding tert-OH is 4. The van der Waals surface area contributed by atoms with Crippen molar-refractivity contribution in [1.82, 2.24) is 0 Å². The summed E-state index contributed by atoms with van der Waals surface area (Å²) in [5, 5.41) is 39.5. The Kier molecular flexibility index (Phi) is 5.94. The lowest BCUT2D eigenvalue weighted by molar-refractivity contribution is -0.277. The highest BCUT2D eigenvalue weighted by Crippen LogP contribution is 2.28. The molecule has 2 heterocycles. The number of hydrogen-bond donors (Lipinski definition) is 4. The van der Waals surface area contributed by atoms with Gasteiger partial charge in [0.15, 0.2) is 5.43 Å². The van der Waals surface area contributed by atoms with E-state index < -0.39 is 37.3 Å². The minimum atomic E-state index is -1.55. The molecule has 0 saturated carbocycles. The molecule has 0 amide bonds. The third kappa shape index (κ3) is 4.01. The van der Waals surface area contributed by atoms with Gasteiger partial charge in [0.05, 0.1) is 24.7 Å². The van der Waals surface area contributed by atoms with Gasteiger partial charge in [-0.05, 0) is 29.8 Å². The molecule has 1 aliphatic rings. The molecular formula is C22H22O9. The van der Waals surface area contributed by atoms with Gasteiger partial charge in [-0.2, -0.15) is 0 Å². The van der Waals surface area contributed by atoms with Crippen LogP contribution in [0.2, 0.25) is 0 Å². The maximum absolute atomic E-state index is 12.9. The summed E-state index contributed by atoms with van der Waals surface area (Å²) < 4.78 is 21.7. The van der Waals surface area contributed by atoms with Crippen LogP contribution in [0, 0.1) is 0 Å². The van der Waals surface area contributed by atoms with Gasteiger partial charge < -0.3 is 39.1 Å². The van der Waals surface area contributed by atoms with Crippen LogP contribution in [0.25, 0.3) is 22.1 Å². The molecule has 0 bridgehead atoms. The molecule has 4 N–H and O–H groups in total. The first-order chi connectivity index (χ1) is 14.9. The highest BCUT2D eigenvalue weighted by molar-refractivity contribution is 5.82. The molecule has 164 valence electrons. The molecule has 0 unspecified atom stereocenters. The summed E-state index contributed by atoms with van der Waals surface area (Å²) in [6, 6.07) is 11.5. The molecule has 0 radical (unpaired) electrons. The molecule has 0 spiro atoms. The first-order valence-electron chi connectivity index (χ1n) is 9.60. The Morgan fingerprint density at radius 3 is 2.35 bits per heavy atom. The predicted molar refractivity (Wildman–Crippen MR) is 109 cm³/mol. The normalized spacial score (nSPS) is 26.0. The van der Waals surface area contributed by atoms with Gasteiger partial charge >= 0.3 is 0 Å². The van der Waals surface area contributed by atoms with Crippen molar-refractivity contribution in [3.63, 3.8) is 0 Å². The number of methoxy groups -OCH3 is 1. The third-order valence-corrected chi connectivity index (χ3v) is 5.25. The van der Waals surface area contributed by atoms with E-state index in [1.807, 2.05) is 0 Å². The standard InChI is InChI=1S/C22H22O9/c1-28-12-4-2-11(3-5-12)15-10-29-16-8-13(6-7-14(16)18(15)24)30-22-21(27)20(26)19(25)17(9-23)31-22/h2-8,10,17,19-23,25-27H,9H2,1H3/t17-,19-,20+,21+,22-/m1/s1. The minimum absolute atomic E-state index is 0.206. The lowest BCUT2D eigenvalue weighted by Crippen LogP contribution is -2.60. The first kappa shape index (κ1) is 21.3. The zero-order chi connectivity index (χ0) is 22.1. The van der Waals surface area contributed by atoms with Gasteiger partial charge in [0.25, 0.3) is 0 Å². The Labute approximate surface area is 176 Å². The van der Waals surface area contributed by atoms with Gasteiger partial charge in [-0.25, -0.2) is 0 Å². The lowest BCUT2D eigenvalue weighted by Gasteiger charge is -2.39. The van der Waals surface area contributed by atoms with E-state index in [9.17, 15) is 25.2 Å². The van der Waals surface area contributed by atoms with Crippen molar-refractivity contribution in [2.75, 3.05) is 13.7 Å². The van der Waals surface area contributed by atoms with Gasteiger partial charge in [-0.3, -0.25) is 4.79 Å². The van der Waals surface area contributed by atoms with Crippen molar-refractivity contribution >= 4 is 11.0 Å². The van der Waals surface area contributed by atoms with E-state index in [0.717, 1.165) is 0 Å². The van der Waals surface area contributed by atoms with E-state index in [1.54, 1.807) is 31.4 Å². The van der Waals surface area contributed by atoms with E-state index in [0.29, 0.717) is 22.3 Å². The summed E-state index contributed by atoms with van der Waals surface area (Å²) in [4.78, 5) is 12.9. The Hall–Kier alpha value is -2.95. The third-order valence-electron chi connectivity index (χ3n) is 5.25. The van der Waals surface area contributed by atoms with Crippen LogP contribution in [0.3, 0.4) is 0 Å². The average Bonchev–Trinajstić information content (AvgIpc) is 2.80. The van der Waals surface area contributed by atoms with Gasteiger partial charge in [0.2, 0.25) is 6.29 Å². The average molecular weight is 430 g/mol. The van der Waals surface area contributed by atoms with Gasteiger partial charge in [-0.15, -0.1) is 0 Å². The van der Waals surface area contributed by atoms with Crippen LogP contribution in [-0.4, -0.2) is 64.8 Å². The maximum atomic E-state index is 12.9. The smallest absolute Gasteiger partial charge is 0.229 e. The second kappa shape index (κ2) is 8.66. The fraction of sp³-hybridized carbons (Fsp3) is 0.318. The highest BCUT2D eigenvalue weighted by atomic mass is 16.7. The summed E-state index contributed by atoms with van der Waals surface area (Å²) in [5.41, 5.74) is 1.09. The summed E-state index contributed by atoms with van der Waals surface area (Å²) in [6.07, 6.45) is -5.65. The molecule has 9 heteroatoms. The van der Waals surface area contributed by atoms with E-state index in [4.69, 9.17) is 18.6 Å². The monoisotopic (exact) mass is 430 g/mol. The summed E-state index contributed by atoms with van der Waals surface area (Å²) in [7, 11) is 1.56. The molecule has 1 fully saturated rings. The summed E-state index contributed by atoms with van der Waals surface area (Å²) >= 11 is 0. The van der Waals surface area contributed by atoms with Crippen molar-refractivity contribution in [2.24, 2.45) is 0 Å². The van der Waals surface area contributed by atoms with E-state index in [1.165, 1.54) is 24.5 Å². The molecule has 1 saturated heterocycles. The summed E-state index contributed by atoms with van der Waals surface area (Å²) in [5.74, 6) is 0.876. The van der Waals surface area contributed by atoms with Gasteiger partial charge in [-0.1, -0.05) is 12.1 Å². The number of ether oxygens (including phenoxy) is 3. The van der Waals surface area contributed by atoms with Crippen molar-refractivity contribution in [1.29, 1.82) is 0 Å². The van der Waals surface area contributed by atoms with Crippen LogP contribution < -0.4 is 14.9 Å². The van der Waals surface area contributed by atoms with Crippen molar-refractivity contribution in [3.05, 3.63) is 59.0 Å². The molecule has 5 atom stereocenters. The number of aliphatic hydroxyl groups is 4. The SMILES string of the molecule is COc1ccc(-c2coc3cc(O[C@@H]4O[C@H](CO)[C@@H](O)[C@H](O)[C@@H]4O)ccc3c2=O)cc1. The van der Waals surface area contributed by atoms with Crippen LogP contribution in [-0.2, 0) is 4.74 Å². The fourth-order valence-electron chi connectivity index (χ4n) is 3.45. The Morgan fingerprint density at radius 1 is 0.968 bits per heavy atom. The van der Waals surface area contributed by atoms with E-state index >= 15 is 0 Å². The number of hydrogen-bond acceptors (Lipinski definition) is 9. The number of rotatable bonds is 5. The van der Waals surface area contributed by atoms with Crippen LogP contribution in [0.1, 0.15) is 0 Å². The lowest BCUT2D eigenvalue weighted by atomic mass is 9.99. The largest absolute Gasteiger partial charge is 0.497 e. The molecule has 4 rings (SSSR count). The van der Waals surface area contributed by atoms with Crippen molar-refractivity contribution in [2.45, 2.75) is 30.7 Å². The zero-order valence-electron chi connectivity index (χ0n) is 16.5. The Morgan fingerprint density at radius 2 is 1.68 bits per heavy atom. The predicted octanol–water partition coefficient (Wildman–Crippen LogP) is 0.647. The van der Waals surface area contributed by atoms with Crippen LogP contribution >= 0.6 is 0 Å². The molecule has 1 aromatic heterocycles. The minimum Gasteiger partial charge on any atom is -0.497 e. The Bertz CT molecular complexity index is 1110. The molecular weight excluding hydrogens is 408 g/mol. The summed E-state index contributed by atoms with van der Waals surface area (Å²) in [6.45, 7) is -0.564. The first-order valence-corrected chi connectivity index (χ1v) is 9.60. The molecule has 3 aromatic rings. The number of benzene rings is 2. The molecule has 31 heavy (non-hydrogen) atoms. The second-order valence-corrected chi connectivity index (χ2v) is 7.18. The van der Waals surface area contributed by atoms with Gasteiger partial charge in [0.1, 0.15) is 47.8 Å².